The van der Waals surface area contributed by atoms with E-state index in [2.05, 4.69) is 34.1 Å². The Labute approximate surface area is 91.3 Å². The lowest BCUT2D eigenvalue weighted by Gasteiger charge is -1.99. The third-order valence-corrected chi connectivity index (χ3v) is 3.14. The monoisotopic (exact) mass is 255 g/mol. The van der Waals surface area contributed by atoms with Crippen LogP contribution in [-0.2, 0) is 0 Å². The number of rotatable bonds is 4. The Morgan fingerprint density at radius 3 is 2.62 bits per heavy atom. The van der Waals surface area contributed by atoms with E-state index in [-0.39, 0.29) is 0 Å². The summed E-state index contributed by atoms with van der Waals surface area (Å²) in [5.74, 6) is 1.02. The van der Waals surface area contributed by atoms with Gasteiger partial charge in [-0.2, -0.15) is 5.26 Å². The highest BCUT2D eigenvalue weighted by atomic mass is 79.9. The lowest BCUT2D eigenvalue weighted by Crippen LogP contribution is -1.78. The fourth-order valence-electron chi connectivity index (χ4n) is 0.872. The van der Waals surface area contributed by atoms with Crippen molar-refractivity contribution in [1.29, 1.82) is 5.26 Å². The molecule has 0 aromatic heterocycles. The highest BCUT2D eigenvalue weighted by molar-refractivity contribution is 9.10. The molecular weight excluding hydrogens is 246 g/mol. The first-order valence-electron chi connectivity index (χ1n) is 4.08. The topological polar surface area (TPSA) is 23.8 Å². The SMILES string of the molecule is N#CCCCSc1ccc(Br)cc1. The molecule has 0 aliphatic rings. The van der Waals surface area contributed by atoms with Crippen LogP contribution in [0, 0.1) is 11.3 Å². The van der Waals surface area contributed by atoms with E-state index in [4.69, 9.17) is 5.26 Å². The molecule has 0 aliphatic carbocycles. The third-order valence-electron chi connectivity index (χ3n) is 1.52. The number of thioether (sulfide) groups is 1. The van der Waals surface area contributed by atoms with Gasteiger partial charge in [-0.3, -0.25) is 0 Å². The highest BCUT2D eigenvalue weighted by Gasteiger charge is 1.93. The minimum absolute atomic E-state index is 0.656. The van der Waals surface area contributed by atoms with E-state index in [1.165, 1.54) is 4.90 Å². The Morgan fingerprint density at radius 1 is 1.31 bits per heavy atom. The molecule has 0 saturated heterocycles. The standard InChI is InChI=1S/C10H10BrNS/c11-9-3-5-10(6-4-9)13-8-2-1-7-12/h3-6H,1-2,8H2. The summed E-state index contributed by atoms with van der Waals surface area (Å²) >= 11 is 5.18. The van der Waals surface area contributed by atoms with Crippen LogP contribution < -0.4 is 0 Å². The van der Waals surface area contributed by atoms with Gasteiger partial charge in [0.1, 0.15) is 0 Å². The molecule has 0 N–H and O–H groups in total. The van der Waals surface area contributed by atoms with E-state index in [1.54, 1.807) is 11.8 Å². The molecule has 0 atom stereocenters. The third kappa shape index (κ3) is 4.35. The molecule has 3 heteroatoms. The number of hydrogen-bond acceptors (Lipinski definition) is 2. The number of nitriles is 1. The van der Waals surface area contributed by atoms with Crippen LogP contribution in [0.4, 0.5) is 0 Å². The maximum atomic E-state index is 8.33. The largest absolute Gasteiger partial charge is 0.198 e. The Balaban J connectivity index is 2.30. The summed E-state index contributed by atoms with van der Waals surface area (Å²) in [6.07, 6.45) is 1.63. The zero-order valence-corrected chi connectivity index (χ0v) is 9.57. The van der Waals surface area contributed by atoms with Gasteiger partial charge in [0.15, 0.2) is 0 Å². The summed E-state index contributed by atoms with van der Waals surface area (Å²) in [5.41, 5.74) is 0. The number of halogens is 1. The predicted molar refractivity (Wildman–Crippen MR) is 59.7 cm³/mol. The first-order valence-corrected chi connectivity index (χ1v) is 5.86. The van der Waals surface area contributed by atoms with Gasteiger partial charge in [0.2, 0.25) is 0 Å². The fourth-order valence-corrected chi connectivity index (χ4v) is 1.99. The van der Waals surface area contributed by atoms with E-state index < -0.39 is 0 Å². The molecule has 0 radical (unpaired) electrons. The van der Waals surface area contributed by atoms with Crippen molar-refractivity contribution < 1.29 is 0 Å². The number of hydrogen-bond donors (Lipinski definition) is 0. The molecule has 13 heavy (non-hydrogen) atoms. The van der Waals surface area contributed by atoms with Crippen LogP contribution in [0.15, 0.2) is 33.6 Å². The highest BCUT2D eigenvalue weighted by Crippen LogP contribution is 2.21. The van der Waals surface area contributed by atoms with Gasteiger partial charge >= 0.3 is 0 Å². The summed E-state index contributed by atoms with van der Waals surface area (Å²) in [5, 5.41) is 8.33. The molecule has 0 amide bonds. The molecule has 0 heterocycles. The van der Waals surface area contributed by atoms with Crippen molar-refractivity contribution >= 4 is 27.7 Å². The van der Waals surface area contributed by atoms with Crippen LogP contribution >= 0.6 is 27.7 Å². The first-order chi connectivity index (χ1) is 6.33. The van der Waals surface area contributed by atoms with Crippen LogP contribution in [0.2, 0.25) is 0 Å². The Kier molecular flexibility index (Phi) is 4.95. The van der Waals surface area contributed by atoms with Gasteiger partial charge in [-0.15, -0.1) is 11.8 Å². The molecule has 68 valence electrons. The van der Waals surface area contributed by atoms with Gasteiger partial charge in [-0.25, -0.2) is 0 Å². The normalized spacial score (nSPS) is 9.54. The quantitative estimate of drug-likeness (QED) is 0.603. The second-order valence-electron chi connectivity index (χ2n) is 2.56. The maximum absolute atomic E-state index is 8.33. The zero-order valence-electron chi connectivity index (χ0n) is 7.16. The molecule has 0 unspecified atom stereocenters. The molecule has 1 aromatic rings. The average Bonchev–Trinajstić information content (AvgIpc) is 2.15. The molecule has 1 rings (SSSR count). The molecule has 0 bridgehead atoms. The minimum atomic E-state index is 0.656. The fraction of sp³-hybridized carbons (Fsp3) is 0.300. The van der Waals surface area contributed by atoms with Crippen LogP contribution in [-0.4, -0.2) is 5.75 Å². The van der Waals surface area contributed by atoms with E-state index in [1.807, 2.05) is 12.1 Å². The summed E-state index contributed by atoms with van der Waals surface area (Å²) in [7, 11) is 0. The van der Waals surface area contributed by atoms with Crippen molar-refractivity contribution in [2.24, 2.45) is 0 Å². The summed E-state index contributed by atoms with van der Waals surface area (Å²) in [4.78, 5) is 1.26. The molecular formula is C10H10BrNS. The van der Waals surface area contributed by atoms with Crippen molar-refractivity contribution in [3.05, 3.63) is 28.7 Å². The molecule has 0 spiro atoms. The molecule has 0 fully saturated rings. The van der Waals surface area contributed by atoms with Crippen LogP contribution in [0.25, 0.3) is 0 Å². The van der Waals surface area contributed by atoms with E-state index >= 15 is 0 Å². The van der Waals surface area contributed by atoms with Crippen LogP contribution in [0.5, 0.6) is 0 Å². The summed E-state index contributed by atoms with van der Waals surface area (Å²) in [6, 6.07) is 10.4. The lowest BCUT2D eigenvalue weighted by atomic mass is 10.4. The molecule has 1 aromatic carbocycles. The van der Waals surface area contributed by atoms with Crippen molar-refractivity contribution in [2.75, 3.05) is 5.75 Å². The Bertz CT molecular complexity index is 289. The van der Waals surface area contributed by atoms with Crippen molar-refractivity contribution in [3.8, 4) is 6.07 Å². The van der Waals surface area contributed by atoms with E-state index in [0.29, 0.717) is 6.42 Å². The Morgan fingerprint density at radius 2 is 2.00 bits per heavy atom. The predicted octanol–water partition coefficient (Wildman–Crippen LogP) is 3.84. The Hall–Kier alpha value is -0.460. The first kappa shape index (κ1) is 10.6. The number of nitrogens with zero attached hydrogens (tertiary/aromatic N) is 1. The van der Waals surface area contributed by atoms with Gasteiger partial charge < -0.3 is 0 Å². The summed E-state index contributed by atoms with van der Waals surface area (Å²) < 4.78 is 1.11. The number of benzene rings is 1. The van der Waals surface area contributed by atoms with E-state index in [0.717, 1.165) is 16.6 Å². The average molecular weight is 256 g/mol. The van der Waals surface area contributed by atoms with Crippen molar-refractivity contribution in [3.63, 3.8) is 0 Å². The second-order valence-corrected chi connectivity index (χ2v) is 4.65. The van der Waals surface area contributed by atoms with Gasteiger partial charge in [0, 0.05) is 15.8 Å². The molecule has 0 saturated carbocycles. The van der Waals surface area contributed by atoms with Crippen LogP contribution in [0.3, 0.4) is 0 Å². The minimum Gasteiger partial charge on any atom is -0.198 e. The zero-order chi connectivity index (χ0) is 9.52. The van der Waals surface area contributed by atoms with E-state index in [9.17, 15) is 0 Å². The number of unbranched alkanes of at least 4 members (excludes halogenated alkanes) is 1. The lowest BCUT2D eigenvalue weighted by molar-refractivity contribution is 0.981. The smallest absolute Gasteiger partial charge is 0.0622 e. The maximum Gasteiger partial charge on any atom is 0.0622 e. The van der Waals surface area contributed by atoms with Crippen molar-refractivity contribution in [2.45, 2.75) is 17.7 Å². The van der Waals surface area contributed by atoms with Gasteiger partial charge in [0.05, 0.1) is 6.07 Å². The van der Waals surface area contributed by atoms with Gasteiger partial charge in [-0.1, -0.05) is 15.9 Å². The molecule has 0 aliphatic heterocycles. The van der Waals surface area contributed by atoms with Crippen LogP contribution in [0.1, 0.15) is 12.8 Å². The van der Waals surface area contributed by atoms with Gasteiger partial charge in [0.25, 0.3) is 0 Å². The summed E-state index contributed by atoms with van der Waals surface area (Å²) in [6.45, 7) is 0. The second kappa shape index (κ2) is 6.06. The van der Waals surface area contributed by atoms with Crippen molar-refractivity contribution in [1.82, 2.24) is 0 Å². The van der Waals surface area contributed by atoms with Gasteiger partial charge in [-0.05, 0) is 36.4 Å². The molecule has 1 nitrogen and oxygen atoms in total.